The maximum Gasteiger partial charge on any atom is 0.338 e. The molecule has 4 heterocycles. The lowest BCUT2D eigenvalue weighted by molar-refractivity contribution is -0.148. The molecule has 0 radical (unpaired) electrons. The number of rotatable bonds is 9. The highest BCUT2D eigenvalue weighted by Gasteiger charge is 2.52. The van der Waals surface area contributed by atoms with Crippen molar-refractivity contribution in [2.45, 2.75) is 38.0 Å². The van der Waals surface area contributed by atoms with Crippen LogP contribution < -0.4 is 5.32 Å². The van der Waals surface area contributed by atoms with Crippen LogP contribution in [0.25, 0.3) is 0 Å². The monoisotopic (exact) mass is 620 g/mol. The summed E-state index contributed by atoms with van der Waals surface area (Å²) >= 11 is 7.77. The Morgan fingerprint density at radius 3 is 2.81 bits per heavy atom. The van der Waals surface area contributed by atoms with E-state index < -0.39 is 35.8 Å². The van der Waals surface area contributed by atoms with E-state index in [4.69, 9.17) is 30.8 Å². The fourth-order valence-electron chi connectivity index (χ4n) is 5.43. The Morgan fingerprint density at radius 1 is 1.36 bits per heavy atom. The number of hydrogen-bond acceptors (Lipinski definition) is 12. The van der Waals surface area contributed by atoms with Gasteiger partial charge in [0.15, 0.2) is 10.8 Å². The molecule has 1 aromatic carbocycles. The van der Waals surface area contributed by atoms with Gasteiger partial charge in [-0.2, -0.15) is 0 Å². The summed E-state index contributed by atoms with van der Waals surface area (Å²) in [5.74, 6) is -2.15. The van der Waals surface area contributed by atoms with Gasteiger partial charge in [0.1, 0.15) is 23.2 Å². The van der Waals surface area contributed by atoms with Crippen LogP contribution in [-0.2, 0) is 23.8 Å². The first-order chi connectivity index (χ1) is 20.1. The maximum absolute atomic E-state index is 14.0. The molecule has 2 saturated heterocycles. The molecule has 3 unspecified atom stereocenters. The first-order valence-electron chi connectivity index (χ1n) is 13.2. The van der Waals surface area contributed by atoms with Crippen LogP contribution in [0, 0.1) is 11.7 Å². The van der Waals surface area contributed by atoms with Crippen molar-refractivity contribution in [1.29, 1.82) is 0 Å². The molecular weight excluding hydrogens is 591 g/mol. The zero-order valence-electron chi connectivity index (χ0n) is 23.1. The number of aliphatic imine (C=N–C) groups is 1. The number of fused-ring (bicyclic) bond motifs is 1. The van der Waals surface area contributed by atoms with Gasteiger partial charge in [0.2, 0.25) is 0 Å². The Kier molecular flexibility index (Phi) is 8.56. The quantitative estimate of drug-likeness (QED) is 0.282. The highest BCUT2D eigenvalue weighted by atomic mass is 35.5. The zero-order valence-corrected chi connectivity index (χ0v) is 24.7. The lowest BCUT2D eigenvalue weighted by atomic mass is 9.82. The molecule has 42 heavy (non-hydrogen) atoms. The third kappa shape index (κ3) is 5.61. The second-order valence-corrected chi connectivity index (χ2v) is 11.5. The molecule has 224 valence electrons. The summed E-state index contributed by atoms with van der Waals surface area (Å²) in [6.45, 7) is 3.83. The molecule has 5 rings (SSSR count). The molecule has 1 aromatic heterocycles. The average Bonchev–Trinajstić information content (AvgIpc) is 3.62. The van der Waals surface area contributed by atoms with Gasteiger partial charge in [0.25, 0.3) is 0 Å². The Balaban J connectivity index is 1.59. The molecule has 3 aliphatic heterocycles. The normalized spacial score (nSPS) is 24.2. The van der Waals surface area contributed by atoms with Gasteiger partial charge < -0.3 is 34.6 Å². The fourth-order valence-corrected chi connectivity index (χ4v) is 6.28. The van der Waals surface area contributed by atoms with Gasteiger partial charge in [0, 0.05) is 33.8 Å². The van der Waals surface area contributed by atoms with Gasteiger partial charge in [-0.1, -0.05) is 17.7 Å². The molecule has 14 heteroatoms. The predicted octanol–water partition coefficient (Wildman–Crippen LogP) is 3.26. The number of aliphatic hydroxyl groups is 2. The number of nitrogens with one attached hydrogen (secondary N) is 1. The SMILES string of the molecule is CCOC(=O)CC(C)(O)/C(O)=C1\C2COCC2N1CC1=C(C(=O)OC)[C@H](c2ccc(F)cc2Cl)N=C(c2nccs2)N1. The van der Waals surface area contributed by atoms with Crippen molar-refractivity contribution in [2.24, 2.45) is 10.9 Å². The summed E-state index contributed by atoms with van der Waals surface area (Å²) in [7, 11) is 1.24. The first-order valence-corrected chi connectivity index (χ1v) is 14.5. The highest BCUT2D eigenvalue weighted by Crippen LogP contribution is 2.45. The number of aromatic nitrogens is 1. The number of aliphatic hydroxyl groups excluding tert-OH is 1. The Hall–Kier alpha value is -3.52. The lowest BCUT2D eigenvalue weighted by Gasteiger charge is -2.49. The van der Waals surface area contributed by atoms with E-state index >= 15 is 0 Å². The Morgan fingerprint density at radius 2 is 2.14 bits per heavy atom. The van der Waals surface area contributed by atoms with Crippen LogP contribution in [0.15, 0.2) is 57.5 Å². The van der Waals surface area contributed by atoms with Crippen molar-refractivity contribution >= 4 is 40.7 Å². The van der Waals surface area contributed by atoms with Crippen molar-refractivity contribution in [3.63, 3.8) is 0 Å². The minimum Gasteiger partial charge on any atom is -0.507 e. The second-order valence-electron chi connectivity index (χ2n) is 10.2. The van der Waals surface area contributed by atoms with Gasteiger partial charge >= 0.3 is 11.9 Å². The van der Waals surface area contributed by atoms with Crippen molar-refractivity contribution < 1.29 is 38.4 Å². The number of carbonyl (C=O) groups excluding carboxylic acids is 2. The summed E-state index contributed by atoms with van der Waals surface area (Å²) in [6, 6.07) is 2.70. The van der Waals surface area contributed by atoms with E-state index in [2.05, 4.69) is 10.3 Å². The third-order valence-electron chi connectivity index (χ3n) is 7.41. The van der Waals surface area contributed by atoms with Crippen LogP contribution in [-0.4, -0.2) is 83.0 Å². The number of hydrogen-bond donors (Lipinski definition) is 3. The van der Waals surface area contributed by atoms with Crippen LogP contribution in [0.2, 0.25) is 5.02 Å². The number of nitrogens with zero attached hydrogens (tertiary/aromatic N) is 3. The summed E-state index contributed by atoms with van der Waals surface area (Å²) in [6.07, 6.45) is 1.16. The largest absolute Gasteiger partial charge is 0.507 e. The second kappa shape index (κ2) is 12.0. The number of benzene rings is 1. The van der Waals surface area contributed by atoms with Crippen molar-refractivity contribution in [1.82, 2.24) is 15.2 Å². The van der Waals surface area contributed by atoms with E-state index in [1.807, 2.05) is 4.90 Å². The topological polar surface area (TPSA) is 143 Å². The van der Waals surface area contributed by atoms with Crippen molar-refractivity contribution in [2.75, 3.05) is 33.5 Å². The zero-order chi connectivity index (χ0) is 30.2. The fraction of sp³-hybridized carbons (Fsp3) is 0.429. The molecule has 0 aliphatic carbocycles. The van der Waals surface area contributed by atoms with Crippen molar-refractivity contribution in [3.8, 4) is 0 Å². The number of likely N-dealkylation sites (tertiary alicyclic amines) is 1. The van der Waals surface area contributed by atoms with E-state index in [1.54, 1.807) is 18.5 Å². The Labute approximate surface area is 250 Å². The molecular formula is C28H30ClFN4O7S. The van der Waals surface area contributed by atoms with E-state index in [-0.39, 0.29) is 41.5 Å². The standard InChI is InChI=1S/C28H30ClFN4O7S/c1-4-41-20(35)10-28(2,38)24(36)23-16-12-40-13-19(16)34(23)11-18-21(27(37)39-3)22(15-6-5-14(30)9-17(15)29)33-25(32-18)26-31-7-8-42-26/h5-9,16,19,22,36,38H,4,10-13H2,1-3H3,(H,32,33)/b24-23-/t16?,19?,22-,28?/m0/s1. The minimum absolute atomic E-state index is 0.0452. The molecule has 4 atom stereocenters. The number of halogens is 2. The maximum atomic E-state index is 14.0. The van der Waals surface area contributed by atoms with Gasteiger partial charge in [-0.05, 0) is 26.0 Å². The molecule has 0 amide bonds. The van der Waals surface area contributed by atoms with Crippen molar-refractivity contribution in [3.05, 3.63) is 73.9 Å². The molecule has 0 bridgehead atoms. The molecule has 0 saturated carbocycles. The van der Waals surface area contributed by atoms with Gasteiger partial charge in [-0.15, -0.1) is 11.3 Å². The number of amidine groups is 1. The van der Waals surface area contributed by atoms with Gasteiger partial charge in [0.05, 0.1) is 57.2 Å². The number of thiazole rings is 1. The smallest absolute Gasteiger partial charge is 0.338 e. The molecule has 11 nitrogen and oxygen atoms in total. The number of esters is 2. The molecule has 3 N–H and O–H groups in total. The van der Waals surface area contributed by atoms with Crippen LogP contribution in [0.5, 0.6) is 0 Å². The molecule has 2 aromatic rings. The van der Waals surface area contributed by atoms with Crippen LogP contribution in [0.1, 0.15) is 36.9 Å². The Bertz CT molecular complexity index is 1480. The lowest BCUT2D eigenvalue weighted by Crippen LogP contribution is -2.57. The average molecular weight is 621 g/mol. The summed E-state index contributed by atoms with van der Waals surface area (Å²) in [5.41, 5.74) is -0.628. The number of ether oxygens (including phenoxy) is 3. The number of methoxy groups -OCH3 is 1. The van der Waals surface area contributed by atoms with E-state index in [0.717, 1.165) is 6.07 Å². The molecule has 2 fully saturated rings. The third-order valence-corrected chi connectivity index (χ3v) is 8.52. The minimum atomic E-state index is -1.91. The summed E-state index contributed by atoms with van der Waals surface area (Å²) < 4.78 is 29.8. The predicted molar refractivity (Wildman–Crippen MR) is 151 cm³/mol. The van der Waals surface area contributed by atoms with Crippen LogP contribution >= 0.6 is 22.9 Å². The van der Waals surface area contributed by atoms with E-state index in [0.29, 0.717) is 41.0 Å². The van der Waals surface area contributed by atoms with E-state index in [1.165, 1.54) is 37.5 Å². The van der Waals surface area contributed by atoms with Crippen LogP contribution in [0.3, 0.4) is 0 Å². The van der Waals surface area contributed by atoms with E-state index in [9.17, 15) is 24.2 Å². The van der Waals surface area contributed by atoms with Crippen LogP contribution in [0.4, 0.5) is 4.39 Å². The summed E-state index contributed by atoms with van der Waals surface area (Å²) in [4.78, 5) is 36.3. The number of carbonyl (C=O) groups is 2. The van der Waals surface area contributed by atoms with Gasteiger partial charge in [-0.3, -0.25) is 9.79 Å². The van der Waals surface area contributed by atoms with Gasteiger partial charge in [-0.25, -0.2) is 14.2 Å². The summed E-state index contributed by atoms with van der Waals surface area (Å²) in [5, 5.41) is 28.0. The first kappa shape index (κ1) is 30.0. The molecule has 3 aliphatic rings. The molecule has 0 spiro atoms. The highest BCUT2D eigenvalue weighted by molar-refractivity contribution is 7.11.